The summed E-state index contributed by atoms with van der Waals surface area (Å²) in [6.07, 6.45) is 7.08. The van der Waals surface area contributed by atoms with Crippen molar-refractivity contribution < 1.29 is 14.3 Å². The second-order valence-electron chi connectivity index (χ2n) is 6.60. The number of benzene rings is 1. The van der Waals surface area contributed by atoms with E-state index in [4.69, 9.17) is 9.47 Å². The van der Waals surface area contributed by atoms with Crippen molar-refractivity contribution in [3.8, 4) is 0 Å². The Labute approximate surface area is 138 Å². The second-order valence-corrected chi connectivity index (χ2v) is 6.60. The lowest BCUT2D eigenvalue weighted by Gasteiger charge is -2.37. The van der Waals surface area contributed by atoms with Crippen LogP contribution in [-0.2, 0) is 9.47 Å². The molecule has 4 nitrogen and oxygen atoms in total. The van der Waals surface area contributed by atoms with Gasteiger partial charge < -0.3 is 9.47 Å². The molecule has 1 aromatic carbocycles. The summed E-state index contributed by atoms with van der Waals surface area (Å²) in [5, 5.41) is 0. The molecule has 1 saturated heterocycles. The van der Waals surface area contributed by atoms with E-state index in [1.54, 1.807) is 12.0 Å². The fraction of sp³-hybridized carbons (Fsp3) is 0.632. The number of carbonyl (C=O) groups is 1. The Morgan fingerprint density at radius 1 is 1.04 bits per heavy atom. The van der Waals surface area contributed by atoms with Crippen LogP contribution in [0.2, 0.25) is 0 Å². The summed E-state index contributed by atoms with van der Waals surface area (Å²) in [7, 11) is 1.67. The maximum atomic E-state index is 12.6. The van der Waals surface area contributed by atoms with E-state index in [9.17, 15) is 4.79 Å². The minimum absolute atomic E-state index is 0.0157. The Bertz CT molecular complexity index is 505. The molecule has 126 valence electrons. The number of ether oxygens (including phenoxy) is 2. The van der Waals surface area contributed by atoms with Crippen LogP contribution in [0, 0.1) is 0 Å². The van der Waals surface area contributed by atoms with Gasteiger partial charge in [-0.3, -0.25) is 4.90 Å². The molecule has 0 spiro atoms. The van der Waals surface area contributed by atoms with Crippen LogP contribution >= 0.6 is 0 Å². The van der Waals surface area contributed by atoms with Crippen LogP contribution in [0.25, 0.3) is 0 Å². The Kier molecular flexibility index (Phi) is 5.55. The maximum Gasteiger partial charge on any atom is 0.412 e. The molecule has 1 amide bonds. The maximum absolute atomic E-state index is 12.6. The van der Waals surface area contributed by atoms with E-state index in [2.05, 4.69) is 24.3 Å². The number of amides is 1. The van der Waals surface area contributed by atoms with Gasteiger partial charge in [0.15, 0.2) is 0 Å². The van der Waals surface area contributed by atoms with Gasteiger partial charge in [-0.15, -0.1) is 0 Å². The first-order chi connectivity index (χ1) is 11.3. The molecule has 1 saturated carbocycles. The van der Waals surface area contributed by atoms with Gasteiger partial charge in [-0.1, -0.05) is 36.8 Å². The summed E-state index contributed by atoms with van der Waals surface area (Å²) < 4.78 is 11.4. The highest BCUT2D eigenvalue weighted by atomic mass is 16.6. The van der Waals surface area contributed by atoms with Crippen molar-refractivity contribution in [2.24, 2.45) is 0 Å². The third-order valence-electron chi connectivity index (χ3n) is 5.14. The molecule has 1 aromatic rings. The molecule has 3 rings (SSSR count). The first-order valence-electron chi connectivity index (χ1n) is 8.84. The first-order valence-corrected chi connectivity index (χ1v) is 8.84. The minimum atomic E-state index is -0.204. The lowest BCUT2D eigenvalue weighted by Crippen LogP contribution is -2.46. The highest BCUT2D eigenvalue weighted by molar-refractivity contribution is 5.68. The SMILES string of the molecule is COC1CCCCN1C(=O)O[C@@H]1CCCC[C@@H]1c1ccccc1. The smallest absolute Gasteiger partial charge is 0.412 e. The molecule has 0 radical (unpaired) electrons. The van der Waals surface area contributed by atoms with Crippen molar-refractivity contribution in [1.82, 2.24) is 4.90 Å². The molecule has 1 aliphatic heterocycles. The summed E-state index contributed by atoms with van der Waals surface area (Å²) in [5.74, 6) is 0.319. The van der Waals surface area contributed by atoms with Crippen LogP contribution in [0.5, 0.6) is 0 Å². The average Bonchev–Trinajstić information content (AvgIpc) is 2.63. The van der Waals surface area contributed by atoms with Crippen LogP contribution in [0.3, 0.4) is 0 Å². The summed E-state index contributed by atoms with van der Waals surface area (Å²) in [5.41, 5.74) is 1.28. The van der Waals surface area contributed by atoms with E-state index in [1.165, 1.54) is 12.0 Å². The van der Waals surface area contributed by atoms with Crippen molar-refractivity contribution in [2.75, 3.05) is 13.7 Å². The quantitative estimate of drug-likeness (QED) is 0.834. The molecule has 0 bridgehead atoms. The van der Waals surface area contributed by atoms with Gasteiger partial charge in [-0.25, -0.2) is 4.79 Å². The number of hydrogen-bond acceptors (Lipinski definition) is 3. The lowest BCUT2D eigenvalue weighted by atomic mass is 9.81. The molecule has 2 aliphatic rings. The summed E-state index contributed by atoms with van der Waals surface area (Å²) in [4.78, 5) is 14.4. The molecule has 23 heavy (non-hydrogen) atoms. The predicted molar refractivity (Wildman–Crippen MR) is 89.3 cm³/mol. The molecule has 2 fully saturated rings. The molecule has 1 heterocycles. The van der Waals surface area contributed by atoms with Crippen molar-refractivity contribution in [3.63, 3.8) is 0 Å². The Hall–Kier alpha value is -1.55. The molecule has 3 atom stereocenters. The third-order valence-corrected chi connectivity index (χ3v) is 5.14. The Balaban J connectivity index is 1.68. The molecular weight excluding hydrogens is 290 g/mol. The molecule has 0 N–H and O–H groups in total. The van der Waals surface area contributed by atoms with E-state index >= 15 is 0 Å². The number of carbonyl (C=O) groups excluding carboxylic acids is 1. The van der Waals surface area contributed by atoms with Crippen LogP contribution in [-0.4, -0.2) is 37.0 Å². The normalized spacial score (nSPS) is 28.4. The van der Waals surface area contributed by atoms with Gasteiger partial charge in [0, 0.05) is 19.6 Å². The van der Waals surface area contributed by atoms with Crippen molar-refractivity contribution in [2.45, 2.75) is 63.2 Å². The largest absolute Gasteiger partial charge is 0.445 e. The fourth-order valence-electron chi connectivity index (χ4n) is 3.87. The molecular formula is C19H27NO3. The summed E-state index contributed by atoms with van der Waals surface area (Å²) >= 11 is 0. The van der Waals surface area contributed by atoms with E-state index in [-0.39, 0.29) is 18.4 Å². The highest BCUT2D eigenvalue weighted by Crippen LogP contribution is 2.35. The van der Waals surface area contributed by atoms with Crippen LogP contribution in [0.4, 0.5) is 4.79 Å². The van der Waals surface area contributed by atoms with Gasteiger partial charge >= 0.3 is 6.09 Å². The number of rotatable bonds is 3. The van der Waals surface area contributed by atoms with Crippen LogP contribution in [0.1, 0.15) is 56.4 Å². The molecule has 0 aromatic heterocycles. The zero-order valence-corrected chi connectivity index (χ0v) is 13.9. The Morgan fingerprint density at radius 3 is 2.57 bits per heavy atom. The monoisotopic (exact) mass is 317 g/mol. The third kappa shape index (κ3) is 3.86. The average molecular weight is 317 g/mol. The van der Waals surface area contributed by atoms with Crippen molar-refractivity contribution in [1.29, 1.82) is 0 Å². The standard InChI is InChI=1S/C19H27NO3/c1-22-18-13-7-8-14-20(18)19(21)23-17-12-6-5-11-16(17)15-9-3-2-4-10-15/h2-4,9-10,16-18H,5-8,11-14H2,1H3/t16-,17-,18?/m1/s1. The number of hydrogen-bond donors (Lipinski definition) is 0. The zero-order chi connectivity index (χ0) is 16.1. The lowest BCUT2D eigenvalue weighted by molar-refractivity contribution is -0.0608. The van der Waals surface area contributed by atoms with Crippen LogP contribution in [0.15, 0.2) is 30.3 Å². The number of nitrogens with zero attached hydrogens (tertiary/aromatic N) is 1. The topological polar surface area (TPSA) is 38.8 Å². The molecule has 4 heteroatoms. The number of methoxy groups -OCH3 is 1. The predicted octanol–water partition coefficient (Wildman–Crippen LogP) is 4.31. The van der Waals surface area contributed by atoms with Gasteiger partial charge in [0.2, 0.25) is 0 Å². The van der Waals surface area contributed by atoms with E-state index in [0.29, 0.717) is 5.92 Å². The molecule has 1 unspecified atom stereocenters. The van der Waals surface area contributed by atoms with Crippen LogP contribution < -0.4 is 0 Å². The van der Waals surface area contributed by atoms with Gasteiger partial charge in [0.25, 0.3) is 0 Å². The van der Waals surface area contributed by atoms with Gasteiger partial charge in [-0.05, 0) is 44.1 Å². The fourth-order valence-corrected chi connectivity index (χ4v) is 3.87. The first kappa shape index (κ1) is 16.3. The van der Waals surface area contributed by atoms with Gasteiger partial charge in [0.1, 0.15) is 12.3 Å². The van der Waals surface area contributed by atoms with Crippen molar-refractivity contribution in [3.05, 3.63) is 35.9 Å². The number of likely N-dealkylation sites (tertiary alicyclic amines) is 1. The Morgan fingerprint density at radius 2 is 1.78 bits per heavy atom. The molecule has 1 aliphatic carbocycles. The summed E-state index contributed by atoms with van der Waals surface area (Å²) in [6.45, 7) is 0.736. The van der Waals surface area contributed by atoms with E-state index in [1.807, 2.05) is 6.07 Å². The van der Waals surface area contributed by atoms with Crippen molar-refractivity contribution >= 4 is 6.09 Å². The van der Waals surface area contributed by atoms with E-state index < -0.39 is 0 Å². The highest BCUT2D eigenvalue weighted by Gasteiger charge is 2.33. The summed E-state index contributed by atoms with van der Waals surface area (Å²) in [6, 6.07) is 10.5. The second kappa shape index (κ2) is 7.82. The minimum Gasteiger partial charge on any atom is -0.445 e. The van der Waals surface area contributed by atoms with E-state index in [0.717, 1.165) is 45.1 Å². The number of piperidine rings is 1. The van der Waals surface area contributed by atoms with Gasteiger partial charge in [-0.2, -0.15) is 0 Å². The van der Waals surface area contributed by atoms with Gasteiger partial charge in [0.05, 0.1) is 0 Å². The zero-order valence-electron chi connectivity index (χ0n) is 13.9.